The van der Waals surface area contributed by atoms with E-state index in [9.17, 15) is 4.79 Å². The Bertz CT molecular complexity index is 508. The van der Waals surface area contributed by atoms with Gasteiger partial charge in [-0.25, -0.2) is 0 Å². The maximum absolute atomic E-state index is 11.9. The van der Waals surface area contributed by atoms with Gasteiger partial charge in [-0.15, -0.1) is 0 Å². The number of esters is 1. The third kappa shape index (κ3) is 6.94. The fraction of sp³-hybridized carbons (Fsp3) is 0.909. The molecule has 1 saturated carbocycles. The van der Waals surface area contributed by atoms with E-state index in [1.807, 2.05) is 6.92 Å². The van der Waals surface area contributed by atoms with Crippen LogP contribution in [0.25, 0.3) is 0 Å². The lowest BCUT2D eigenvalue weighted by Crippen LogP contribution is -2.46. The zero-order valence-electron chi connectivity index (χ0n) is 18.6. The Morgan fingerprint density at radius 3 is 2.46 bits per heavy atom. The van der Waals surface area contributed by atoms with Gasteiger partial charge in [-0.05, 0) is 57.8 Å². The van der Waals surface area contributed by atoms with E-state index in [0.717, 1.165) is 57.8 Å². The summed E-state index contributed by atoms with van der Waals surface area (Å²) in [7, 11) is 0. The number of guanidine groups is 1. The molecule has 1 aliphatic carbocycles. The van der Waals surface area contributed by atoms with Crippen LogP contribution in [0.3, 0.4) is 0 Å². The van der Waals surface area contributed by atoms with Crippen LogP contribution >= 0.6 is 0 Å². The molecule has 6 heteroatoms. The van der Waals surface area contributed by atoms with Crippen molar-refractivity contribution in [1.29, 1.82) is 0 Å². The van der Waals surface area contributed by atoms with Crippen molar-refractivity contribution in [1.82, 2.24) is 10.6 Å². The summed E-state index contributed by atoms with van der Waals surface area (Å²) < 4.78 is 11.3. The highest BCUT2D eigenvalue weighted by Gasteiger charge is 2.35. The molecular weight excluding hydrogens is 354 g/mol. The molecule has 2 unspecified atom stereocenters. The number of carbonyl (C=O) groups excluding carboxylic acids is 1. The van der Waals surface area contributed by atoms with Crippen molar-refractivity contribution in [3.63, 3.8) is 0 Å². The number of hydrogen-bond acceptors (Lipinski definition) is 4. The predicted molar refractivity (Wildman–Crippen MR) is 113 cm³/mol. The van der Waals surface area contributed by atoms with Crippen LogP contribution in [0.1, 0.15) is 73.1 Å². The Kier molecular flexibility index (Phi) is 9.06. The second-order valence-electron chi connectivity index (χ2n) is 9.22. The molecule has 28 heavy (non-hydrogen) atoms. The average molecular weight is 396 g/mol. The summed E-state index contributed by atoms with van der Waals surface area (Å²) in [6, 6.07) is 0.365. The Morgan fingerprint density at radius 2 is 1.86 bits per heavy atom. The minimum absolute atomic E-state index is 0.0351. The molecule has 0 radical (unpaired) electrons. The number of nitrogens with one attached hydrogen (secondary N) is 2. The molecule has 2 atom stereocenters. The lowest BCUT2D eigenvalue weighted by molar-refractivity contribution is -0.149. The van der Waals surface area contributed by atoms with Crippen molar-refractivity contribution < 1.29 is 14.3 Å². The molecule has 0 aromatic carbocycles. The van der Waals surface area contributed by atoms with Gasteiger partial charge in [-0.1, -0.05) is 20.8 Å². The summed E-state index contributed by atoms with van der Waals surface area (Å²) in [5, 5.41) is 6.97. The molecule has 2 N–H and O–H groups in total. The fourth-order valence-corrected chi connectivity index (χ4v) is 4.44. The molecule has 2 fully saturated rings. The number of ether oxygens (including phenoxy) is 2. The van der Waals surface area contributed by atoms with Gasteiger partial charge in [0.15, 0.2) is 5.96 Å². The smallest absolute Gasteiger partial charge is 0.308 e. The van der Waals surface area contributed by atoms with E-state index in [-0.39, 0.29) is 23.4 Å². The number of carbonyl (C=O) groups is 1. The highest BCUT2D eigenvalue weighted by Crippen LogP contribution is 2.34. The molecule has 2 rings (SSSR count). The quantitative estimate of drug-likeness (QED) is 0.409. The Balaban J connectivity index is 1.89. The number of nitrogens with zero attached hydrogens (tertiary/aromatic N) is 1. The number of rotatable bonds is 6. The van der Waals surface area contributed by atoms with Gasteiger partial charge in [0.2, 0.25) is 0 Å². The summed E-state index contributed by atoms with van der Waals surface area (Å²) >= 11 is 0. The molecule has 1 heterocycles. The zero-order chi connectivity index (χ0) is 20.6. The molecular formula is C22H41N3O3. The Labute approximate surface area is 171 Å². The van der Waals surface area contributed by atoms with Gasteiger partial charge in [0.1, 0.15) is 0 Å². The average Bonchev–Trinajstić information content (AvgIpc) is 2.66. The molecule has 0 aromatic rings. The van der Waals surface area contributed by atoms with Crippen LogP contribution in [-0.2, 0) is 14.3 Å². The summed E-state index contributed by atoms with van der Waals surface area (Å²) in [6.45, 7) is 13.7. The van der Waals surface area contributed by atoms with Crippen LogP contribution in [0.4, 0.5) is 0 Å². The van der Waals surface area contributed by atoms with Crippen molar-refractivity contribution in [2.45, 2.75) is 85.3 Å². The van der Waals surface area contributed by atoms with E-state index in [1.165, 1.54) is 6.42 Å². The van der Waals surface area contributed by atoms with E-state index in [2.05, 4.69) is 38.3 Å². The van der Waals surface area contributed by atoms with E-state index in [0.29, 0.717) is 18.6 Å². The molecule has 1 saturated heterocycles. The maximum atomic E-state index is 11.9. The van der Waals surface area contributed by atoms with Crippen molar-refractivity contribution >= 4 is 11.9 Å². The van der Waals surface area contributed by atoms with Gasteiger partial charge >= 0.3 is 5.97 Å². The van der Waals surface area contributed by atoms with E-state index < -0.39 is 0 Å². The maximum Gasteiger partial charge on any atom is 0.308 e. The van der Waals surface area contributed by atoms with Crippen molar-refractivity contribution in [2.75, 3.05) is 26.3 Å². The van der Waals surface area contributed by atoms with Gasteiger partial charge in [0.05, 0.1) is 18.6 Å². The number of aliphatic imine (C=N–C) groups is 1. The van der Waals surface area contributed by atoms with Gasteiger partial charge in [0, 0.05) is 31.7 Å². The highest BCUT2D eigenvalue weighted by molar-refractivity contribution is 5.80. The minimum atomic E-state index is -0.0351. The summed E-state index contributed by atoms with van der Waals surface area (Å²) in [4.78, 5) is 16.8. The largest absolute Gasteiger partial charge is 0.466 e. The van der Waals surface area contributed by atoms with Crippen molar-refractivity contribution in [3.05, 3.63) is 0 Å². The first-order valence-electron chi connectivity index (χ1n) is 11.2. The molecule has 1 aliphatic heterocycles. The Morgan fingerprint density at radius 1 is 1.14 bits per heavy atom. The standard InChI is InChI=1S/C22H41N3O3/c1-6-23-21(24-15-17-9-8-14-28-19(17)22(3,4)5)25-18-12-10-16(11-13-18)20(26)27-7-2/h16-19H,6-15H2,1-5H3,(H2,23,24,25). The van der Waals surface area contributed by atoms with E-state index in [1.54, 1.807) is 0 Å². The summed E-state index contributed by atoms with van der Waals surface area (Å²) in [5.41, 5.74) is 0.137. The third-order valence-corrected chi connectivity index (χ3v) is 5.81. The topological polar surface area (TPSA) is 72.0 Å². The van der Waals surface area contributed by atoms with Crippen LogP contribution in [0.2, 0.25) is 0 Å². The fourth-order valence-electron chi connectivity index (χ4n) is 4.44. The van der Waals surface area contributed by atoms with Gasteiger partial charge < -0.3 is 20.1 Å². The van der Waals surface area contributed by atoms with Gasteiger partial charge in [-0.2, -0.15) is 0 Å². The highest BCUT2D eigenvalue weighted by atomic mass is 16.5. The van der Waals surface area contributed by atoms with Crippen molar-refractivity contribution in [2.24, 2.45) is 22.2 Å². The first kappa shape index (κ1) is 23.0. The molecule has 2 aliphatic rings. The van der Waals surface area contributed by atoms with Gasteiger partial charge in [-0.3, -0.25) is 9.79 Å². The summed E-state index contributed by atoms with van der Waals surface area (Å²) in [6.07, 6.45) is 6.28. The number of hydrogen-bond donors (Lipinski definition) is 2. The molecule has 0 amide bonds. The van der Waals surface area contributed by atoms with Crippen LogP contribution in [-0.4, -0.2) is 50.4 Å². The molecule has 6 nitrogen and oxygen atoms in total. The molecule has 0 aromatic heterocycles. The first-order chi connectivity index (χ1) is 13.3. The molecule has 162 valence electrons. The first-order valence-corrected chi connectivity index (χ1v) is 11.2. The van der Waals surface area contributed by atoms with Crippen LogP contribution < -0.4 is 10.6 Å². The lowest BCUT2D eigenvalue weighted by atomic mass is 9.78. The van der Waals surface area contributed by atoms with Gasteiger partial charge in [0.25, 0.3) is 0 Å². The second-order valence-corrected chi connectivity index (χ2v) is 9.22. The van der Waals surface area contributed by atoms with Crippen LogP contribution in [0.15, 0.2) is 4.99 Å². The second kappa shape index (κ2) is 11.0. The van der Waals surface area contributed by atoms with Crippen LogP contribution in [0.5, 0.6) is 0 Å². The Hall–Kier alpha value is -1.30. The van der Waals surface area contributed by atoms with Crippen LogP contribution in [0, 0.1) is 17.3 Å². The SMILES string of the molecule is CCNC(=NCC1CCCOC1C(C)(C)C)NC1CCC(C(=O)OCC)CC1. The van der Waals surface area contributed by atoms with Crippen molar-refractivity contribution in [3.8, 4) is 0 Å². The minimum Gasteiger partial charge on any atom is -0.466 e. The monoisotopic (exact) mass is 395 g/mol. The molecule has 0 bridgehead atoms. The zero-order valence-corrected chi connectivity index (χ0v) is 18.6. The van der Waals surface area contributed by atoms with E-state index in [4.69, 9.17) is 14.5 Å². The summed E-state index contributed by atoms with van der Waals surface area (Å²) in [5.74, 6) is 1.38. The third-order valence-electron chi connectivity index (χ3n) is 5.81. The predicted octanol–water partition coefficient (Wildman–Crippen LogP) is 3.50. The lowest BCUT2D eigenvalue weighted by Gasteiger charge is -2.39. The van der Waals surface area contributed by atoms with E-state index >= 15 is 0 Å². The normalized spacial score (nSPS) is 29.2. The molecule has 0 spiro atoms.